The number of fused-ring (bicyclic) bond motifs is 3. The quantitative estimate of drug-likeness (QED) is 0.313. The molecule has 188 valence electrons. The number of aromatic amines is 1. The number of aromatic nitrogens is 3. The largest absolute Gasteiger partial charge is 0.365 e. The van der Waals surface area contributed by atoms with Crippen molar-refractivity contribution >= 4 is 28.0 Å². The Morgan fingerprint density at radius 3 is 2.58 bits per heavy atom. The normalized spacial score (nSPS) is 14.8. The van der Waals surface area contributed by atoms with E-state index in [0.29, 0.717) is 49.2 Å². The smallest absolute Gasteiger partial charge is 0.330 e. The summed E-state index contributed by atoms with van der Waals surface area (Å²) in [4.78, 5) is 34.1. The molecule has 1 saturated heterocycles. The SMILES string of the molecule is O=C(NCC(F)F)c1ccc(N2CCN(Cc3ccc4c([nH]c(=O)n5cccc45)c3F)CC2)c(F)n1. The van der Waals surface area contributed by atoms with E-state index in [1.165, 1.54) is 16.5 Å². The van der Waals surface area contributed by atoms with Crippen LogP contribution in [0.15, 0.2) is 47.4 Å². The predicted molar refractivity (Wildman–Crippen MR) is 126 cm³/mol. The third-order valence-electron chi connectivity index (χ3n) is 6.28. The van der Waals surface area contributed by atoms with Gasteiger partial charge >= 0.3 is 5.69 Å². The van der Waals surface area contributed by atoms with Gasteiger partial charge < -0.3 is 15.2 Å². The maximum absolute atomic E-state index is 15.3. The van der Waals surface area contributed by atoms with E-state index in [4.69, 9.17) is 0 Å². The highest BCUT2D eigenvalue weighted by Crippen LogP contribution is 2.25. The minimum atomic E-state index is -2.71. The molecule has 0 spiro atoms. The number of alkyl halides is 2. The van der Waals surface area contributed by atoms with Crippen LogP contribution in [0.25, 0.3) is 16.4 Å². The summed E-state index contributed by atoms with van der Waals surface area (Å²) >= 11 is 0. The highest BCUT2D eigenvalue weighted by molar-refractivity contribution is 5.94. The van der Waals surface area contributed by atoms with Crippen LogP contribution in [0, 0.1) is 11.8 Å². The Balaban J connectivity index is 1.26. The molecular weight excluding hydrogens is 480 g/mol. The number of anilines is 1. The topological polar surface area (TPSA) is 85.7 Å². The zero-order valence-electron chi connectivity index (χ0n) is 19.0. The molecular formula is C24H22F4N6O2. The summed E-state index contributed by atoms with van der Waals surface area (Å²) in [6.07, 6.45) is -1.09. The molecule has 1 aliphatic heterocycles. The molecule has 0 saturated carbocycles. The molecule has 0 bridgehead atoms. The van der Waals surface area contributed by atoms with Gasteiger partial charge in [0.1, 0.15) is 5.69 Å². The van der Waals surface area contributed by atoms with Crippen LogP contribution in [-0.4, -0.2) is 64.3 Å². The number of halogens is 4. The van der Waals surface area contributed by atoms with E-state index in [9.17, 15) is 22.8 Å². The molecule has 1 amide bonds. The van der Waals surface area contributed by atoms with Crippen LogP contribution in [0.4, 0.5) is 23.2 Å². The van der Waals surface area contributed by atoms with Crippen molar-refractivity contribution in [2.75, 3.05) is 37.6 Å². The number of benzene rings is 1. The fourth-order valence-electron chi connectivity index (χ4n) is 4.46. The van der Waals surface area contributed by atoms with Crippen molar-refractivity contribution < 1.29 is 22.4 Å². The molecule has 0 atom stereocenters. The zero-order valence-corrected chi connectivity index (χ0v) is 19.0. The van der Waals surface area contributed by atoms with Gasteiger partial charge in [-0.25, -0.2) is 22.9 Å². The monoisotopic (exact) mass is 502 g/mol. The molecule has 0 aliphatic carbocycles. The summed E-state index contributed by atoms with van der Waals surface area (Å²) in [7, 11) is 0. The van der Waals surface area contributed by atoms with Crippen molar-refractivity contribution in [1.82, 2.24) is 24.6 Å². The number of hydrogen-bond donors (Lipinski definition) is 2. The van der Waals surface area contributed by atoms with Gasteiger partial charge in [-0.1, -0.05) is 12.1 Å². The molecule has 1 fully saturated rings. The number of amides is 1. The number of H-pyrrole nitrogens is 1. The van der Waals surface area contributed by atoms with Gasteiger partial charge in [-0.05, 0) is 24.3 Å². The van der Waals surface area contributed by atoms with Crippen LogP contribution in [-0.2, 0) is 6.54 Å². The lowest BCUT2D eigenvalue weighted by Crippen LogP contribution is -2.46. The highest BCUT2D eigenvalue weighted by atomic mass is 19.3. The molecule has 1 aliphatic rings. The maximum atomic E-state index is 15.3. The van der Waals surface area contributed by atoms with E-state index >= 15 is 4.39 Å². The van der Waals surface area contributed by atoms with Gasteiger partial charge in [0.05, 0.1) is 23.3 Å². The van der Waals surface area contributed by atoms with Crippen LogP contribution in [0.1, 0.15) is 16.1 Å². The number of hydrogen-bond acceptors (Lipinski definition) is 5. The molecule has 5 rings (SSSR count). The standard InChI is InChI=1S/C24H22F4N6O2/c25-19(26)12-29-23(35)16-5-6-18(22(28)30-16)33-10-8-32(9-11-33)13-14-3-4-15-17-2-1-7-34(17)24(36)31-21(15)20(14)27/h1-7,19H,8-13H2,(H,29,35)(H,31,36). The fourth-order valence-corrected chi connectivity index (χ4v) is 4.46. The van der Waals surface area contributed by atoms with Crippen molar-refractivity contribution in [2.45, 2.75) is 13.0 Å². The molecule has 4 heterocycles. The van der Waals surface area contributed by atoms with Gasteiger partial charge in [0, 0.05) is 49.9 Å². The zero-order chi connectivity index (χ0) is 25.4. The average molecular weight is 502 g/mol. The Bertz CT molecular complexity index is 1490. The van der Waals surface area contributed by atoms with Crippen molar-refractivity contribution in [1.29, 1.82) is 0 Å². The molecule has 0 radical (unpaired) electrons. The van der Waals surface area contributed by atoms with E-state index in [1.807, 2.05) is 10.2 Å². The highest BCUT2D eigenvalue weighted by Gasteiger charge is 2.23. The van der Waals surface area contributed by atoms with Crippen LogP contribution in [0.3, 0.4) is 0 Å². The van der Waals surface area contributed by atoms with Crippen molar-refractivity contribution in [3.05, 3.63) is 76.1 Å². The third-order valence-corrected chi connectivity index (χ3v) is 6.28. The summed E-state index contributed by atoms with van der Waals surface area (Å²) in [5.41, 5.74) is 0.729. The second kappa shape index (κ2) is 9.61. The lowest BCUT2D eigenvalue weighted by molar-refractivity contribution is 0.0886. The summed E-state index contributed by atoms with van der Waals surface area (Å²) in [5.74, 6) is -2.22. The van der Waals surface area contributed by atoms with E-state index in [-0.39, 0.29) is 16.9 Å². The maximum Gasteiger partial charge on any atom is 0.330 e. The molecule has 8 nitrogen and oxygen atoms in total. The first-order chi connectivity index (χ1) is 17.3. The number of piperazine rings is 1. The Kier molecular flexibility index (Phi) is 6.35. The lowest BCUT2D eigenvalue weighted by atomic mass is 10.1. The van der Waals surface area contributed by atoms with Gasteiger partial charge in [0.25, 0.3) is 12.3 Å². The molecule has 0 unspecified atom stereocenters. The number of rotatable bonds is 6. The van der Waals surface area contributed by atoms with Gasteiger partial charge in [0.15, 0.2) is 5.82 Å². The molecule has 2 N–H and O–H groups in total. The first-order valence-corrected chi connectivity index (χ1v) is 11.3. The number of carbonyl (C=O) groups is 1. The number of pyridine rings is 1. The predicted octanol–water partition coefficient (Wildman–Crippen LogP) is 2.77. The Morgan fingerprint density at radius 1 is 1.08 bits per heavy atom. The summed E-state index contributed by atoms with van der Waals surface area (Å²) in [5, 5.41) is 2.60. The van der Waals surface area contributed by atoms with Gasteiger partial charge in [-0.15, -0.1) is 0 Å². The van der Waals surface area contributed by atoms with Crippen molar-refractivity contribution in [2.24, 2.45) is 0 Å². The Hall–Kier alpha value is -3.93. The summed E-state index contributed by atoms with van der Waals surface area (Å²) in [6, 6.07) is 9.66. The van der Waals surface area contributed by atoms with Gasteiger partial charge in [-0.2, -0.15) is 4.39 Å². The van der Waals surface area contributed by atoms with Crippen molar-refractivity contribution in [3.8, 4) is 0 Å². The minimum absolute atomic E-state index is 0.160. The van der Waals surface area contributed by atoms with Gasteiger partial charge in [0.2, 0.25) is 5.95 Å². The first-order valence-electron chi connectivity index (χ1n) is 11.3. The molecule has 4 aromatic rings. The van der Waals surface area contributed by atoms with E-state index < -0.39 is 36.3 Å². The van der Waals surface area contributed by atoms with E-state index in [0.717, 1.165) is 0 Å². The second-order valence-electron chi connectivity index (χ2n) is 8.53. The number of nitrogens with zero attached hydrogens (tertiary/aromatic N) is 4. The van der Waals surface area contributed by atoms with Crippen molar-refractivity contribution in [3.63, 3.8) is 0 Å². The minimum Gasteiger partial charge on any atom is -0.365 e. The second-order valence-corrected chi connectivity index (χ2v) is 8.53. The molecule has 1 aromatic carbocycles. The van der Waals surface area contributed by atoms with Crippen LogP contribution < -0.4 is 15.9 Å². The Morgan fingerprint density at radius 2 is 1.86 bits per heavy atom. The fraction of sp³-hybridized carbons (Fsp3) is 0.292. The third kappa shape index (κ3) is 4.51. The van der Waals surface area contributed by atoms with E-state index in [1.54, 1.807) is 35.4 Å². The average Bonchev–Trinajstić information content (AvgIpc) is 3.36. The summed E-state index contributed by atoms with van der Waals surface area (Å²) in [6.45, 7) is 1.38. The molecule has 36 heavy (non-hydrogen) atoms. The van der Waals surface area contributed by atoms with Crippen LogP contribution >= 0.6 is 0 Å². The number of nitrogens with one attached hydrogen (secondary N) is 2. The first kappa shape index (κ1) is 23.8. The van der Waals surface area contributed by atoms with Crippen LogP contribution in [0.5, 0.6) is 0 Å². The number of carbonyl (C=O) groups excluding carboxylic acids is 1. The molecule has 12 heteroatoms. The van der Waals surface area contributed by atoms with Crippen LogP contribution in [0.2, 0.25) is 0 Å². The summed E-state index contributed by atoms with van der Waals surface area (Å²) < 4.78 is 55.8. The Labute approximate surface area is 202 Å². The van der Waals surface area contributed by atoms with E-state index in [2.05, 4.69) is 9.97 Å². The lowest BCUT2D eigenvalue weighted by Gasteiger charge is -2.36. The molecule has 3 aromatic heterocycles. The van der Waals surface area contributed by atoms with Gasteiger partial charge in [-0.3, -0.25) is 14.1 Å².